The first kappa shape index (κ1) is 22.6. The topological polar surface area (TPSA) is 100 Å². The molecule has 2 aromatic carbocycles. The molecule has 3 aliphatic rings. The van der Waals surface area contributed by atoms with Gasteiger partial charge in [-0.2, -0.15) is 5.26 Å². The largest absolute Gasteiger partial charge is 0.489 e. The van der Waals surface area contributed by atoms with Crippen molar-refractivity contribution in [1.82, 2.24) is 10.6 Å². The predicted molar refractivity (Wildman–Crippen MR) is 119 cm³/mol. The second-order valence-corrected chi connectivity index (χ2v) is 8.32. The van der Waals surface area contributed by atoms with Gasteiger partial charge in [-0.05, 0) is 60.9 Å². The number of hydrogen-bond donors (Lipinski definition) is 2. The van der Waals surface area contributed by atoms with E-state index in [9.17, 15) is 19.2 Å². The van der Waals surface area contributed by atoms with Gasteiger partial charge in [-0.1, -0.05) is 17.7 Å². The Bertz CT molecular complexity index is 1160. The quantitative estimate of drug-likeness (QED) is 0.657. The molecule has 2 aliphatic heterocycles. The van der Waals surface area contributed by atoms with E-state index in [-0.39, 0.29) is 30.9 Å². The lowest BCUT2D eigenvalue weighted by molar-refractivity contribution is -0.123. The highest BCUT2D eigenvalue weighted by molar-refractivity contribution is 6.32. The minimum Gasteiger partial charge on any atom is -0.489 e. The third kappa shape index (κ3) is 5.44. The van der Waals surface area contributed by atoms with Gasteiger partial charge >= 0.3 is 0 Å². The Morgan fingerprint density at radius 2 is 1.85 bits per heavy atom. The Labute approximate surface area is 195 Å². The summed E-state index contributed by atoms with van der Waals surface area (Å²) in [6.07, 6.45) is 4.63. The van der Waals surface area contributed by atoms with Crippen molar-refractivity contribution in [3.8, 4) is 17.6 Å². The van der Waals surface area contributed by atoms with Crippen LogP contribution in [0.5, 0.6) is 11.5 Å². The van der Waals surface area contributed by atoms with Gasteiger partial charge in [-0.3, -0.25) is 9.59 Å². The number of benzene rings is 2. The molecule has 0 radical (unpaired) electrons. The Hall–Kier alpha value is -3.57. The van der Waals surface area contributed by atoms with E-state index in [1.807, 2.05) is 0 Å². The molecule has 2 bridgehead atoms. The van der Waals surface area contributed by atoms with Crippen LogP contribution in [-0.4, -0.2) is 36.6 Å². The number of nitriles is 1. The molecule has 7 nitrogen and oxygen atoms in total. The summed E-state index contributed by atoms with van der Waals surface area (Å²) in [4.78, 5) is 26.1. The number of rotatable bonds is 2. The highest BCUT2D eigenvalue weighted by atomic mass is 35.5. The van der Waals surface area contributed by atoms with Crippen molar-refractivity contribution in [2.45, 2.75) is 30.8 Å². The van der Waals surface area contributed by atoms with E-state index in [0.717, 1.165) is 6.07 Å². The summed E-state index contributed by atoms with van der Waals surface area (Å²) in [6, 6.07) is 9.76. The third-order valence-electron chi connectivity index (χ3n) is 5.41. The summed E-state index contributed by atoms with van der Waals surface area (Å²) in [5, 5.41) is 15.1. The summed E-state index contributed by atoms with van der Waals surface area (Å²) in [5.74, 6) is -1.15. The first-order chi connectivity index (χ1) is 15.9. The van der Waals surface area contributed by atoms with Crippen molar-refractivity contribution in [3.05, 3.63) is 70.5 Å². The predicted octanol–water partition coefficient (Wildman–Crippen LogP) is 3.32. The maximum absolute atomic E-state index is 13.9. The fraction of sp³-hybridized carbons (Fsp3) is 0.292. The standard InChI is InChI=1S/C24H21ClFN3O4/c25-18-11-15-3-5-21(18)33-10-2-1-9-32-20-6-4-16(26)13-17(20)22(30)28-19(12-15)23(31)29-24(14-27)7-8-24/h1-6,11,13,19H,7-10,12H2,(H,28,30)(H,29,31)/b2-1-/t19-/m0/s1. The minimum absolute atomic E-state index is 0.0423. The molecular weight excluding hydrogens is 449 g/mol. The van der Waals surface area contributed by atoms with Gasteiger partial charge in [0.05, 0.1) is 16.7 Å². The number of hydrogen-bond acceptors (Lipinski definition) is 5. The van der Waals surface area contributed by atoms with E-state index in [2.05, 4.69) is 16.7 Å². The van der Waals surface area contributed by atoms with Crippen LogP contribution in [-0.2, 0) is 11.2 Å². The maximum Gasteiger partial charge on any atom is 0.255 e. The van der Waals surface area contributed by atoms with Crippen LogP contribution in [0.15, 0.2) is 48.6 Å². The summed E-state index contributed by atoms with van der Waals surface area (Å²) in [6.45, 7) is 0.372. The number of halogens is 2. The third-order valence-corrected chi connectivity index (χ3v) is 5.70. The van der Waals surface area contributed by atoms with Crippen molar-refractivity contribution in [2.24, 2.45) is 0 Å². The molecule has 2 N–H and O–H groups in total. The van der Waals surface area contributed by atoms with E-state index in [0.29, 0.717) is 29.2 Å². The number of carbonyl (C=O) groups is 2. The number of nitrogens with one attached hydrogen (secondary N) is 2. The average molecular weight is 470 g/mol. The molecule has 0 aromatic heterocycles. The number of ether oxygens (including phenoxy) is 2. The van der Waals surface area contributed by atoms with Gasteiger partial charge in [0, 0.05) is 6.42 Å². The van der Waals surface area contributed by atoms with Crippen LogP contribution in [0.2, 0.25) is 5.02 Å². The molecule has 33 heavy (non-hydrogen) atoms. The first-order valence-corrected chi connectivity index (χ1v) is 10.8. The van der Waals surface area contributed by atoms with Gasteiger partial charge in [-0.25, -0.2) is 4.39 Å². The van der Waals surface area contributed by atoms with E-state index >= 15 is 0 Å². The molecular formula is C24H21ClFN3O4. The molecule has 9 heteroatoms. The van der Waals surface area contributed by atoms with Crippen LogP contribution in [0.1, 0.15) is 28.8 Å². The second-order valence-electron chi connectivity index (χ2n) is 7.91. The summed E-state index contributed by atoms with van der Waals surface area (Å²) >= 11 is 6.33. The molecule has 0 spiro atoms. The second kappa shape index (κ2) is 9.51. The van der Waals surface area contributed by atoms with Crippen LogP contribution in [0.25, 0.3) is 0 Å². The maximum atomic E-state index is 13.9. The summed E-state index contributed by atoms with van der Waals surface area (Å²) in [7, 11) is 0. The van der Waals surface area contributed by atoms with Crippen LogP contribution in [0.4, 0.5) is 4.39 Å². The normalized spacial score (nSPS) is 20.3. The molecule has 1 fully saturated rings. The lowest BCUT2D eigenvalue weighted by Gasteiger charge is -2.21. The Balaban J connectivity index is 1.67. The van der Waals surface area contributed by atoms with Crippen LogP contribution < -0.4 is 20.1 Å². The molecule has 2 amide bonds. The van der Waals surface area contributed by atoms with E-state index in [1.165, 1.54) is 12.1 Å². The summed E-state index contributed by atoms with van der Waals surface area (Å²) < 4.78 is 25.2. The van der Waals surface area contributed by atoms with Gasteiger partial charge in [-0.15, -0.1) is 0 Å². The minimum atomic E-state index is -1.03. The average Bonchev–Trinajstić information content (AvgIpc) is 3.56. The van der Waals surface area contributed by atoms with E-state index in [4.69, 9.17) is 21.1 Å². The molecule has 0 unspecified atom stereocenters. The lowest BCUT2D eigenvalue weighted by Crippen LogP contribution is -2.51. The molecule has 0 saturated heterocycles. The fourth-order valence-corrected chi connectivity index (χ4v) is 3.66. The monoisotopic (exact) mass is 469 g/mol. The van der Waals surface area contributed by atoms with Crippen molar-refractivity contribution >= 4 is 23.4 Å². The smallest absolute Gasteiger partial charge is 0.255 e. The van der Waals surface area contributed by atoms with Gasteiger partial charge in [0.15, 0.2) is 0 Å². The van der Waals surface area contributed by atoms with Gasteiger partial charge in [0.25, 0.3) is 5.91 Å². The van der Waals surface area contributed by atoms with Gasteiger partial charge in [0.1, 0.15) is 42.1 Å². The number of nitrogens with zero attached hydrogens (tertiary/aromatic N) is 1. The van der Waals surface area contributed by atoms with E-state index in [1.54, 1.807) is 30.4 Å². The SMILES string of the molecule is N#CC1(NC(=O)[C@@H]2Cc3ccc(c(Cl)c3)OC/C=C\COc3ccc(F)cc3C(=O)N2)CC1. The van der Waals surface area contributed by atoms with Gasteiger partial charge in [0.2, 0.25) is 5.91 Å². The highest BCUT2D eigenvalue weighted by Gasteiger charge is 2.45. The first-order valence-electron chi connectivity index (χ1n) is 10.4. The zero-order valence-electron chi connectivity index (χ0n) is 17.6. The molecule has 1 aliphatic carbocycles. The number of carbonyl (C=O) groups excluding carboxylic acids is 2. The lowest BCUT2D eigenvalue weighted by atomic mass is 10.0. The molecule has 1 atom stereocenters. The van der Waals surface area contributed by atoms with Crippen molar-refractivity contribution < 1.29 is 23.5 Å². The van der Waals surface area contributed by atoms with Crippen LogP contribution in [0, 0.1) is 17.1 Å². The van der Waals surface area contributed by atoms with Crippen molar-refractivity contribution in [1.29, 1.82) is 5.26 Å². The molecule has 170 valence electrons. The number of amides is 2. The van der Waals surface area contributed by atoms with Gasteiger partial charge < -0.3 is 20.1 Å². The Kier molecular flexibility index (Phi) is 6.52. The molecule has 2 heterocycles. The van der Waals surface area contributed by atoms with Crippen molar-refractivity contribution in [3.63, 3.8) is 0 Å². The fourth-order valence-electron chi connectivity index (χ4n) is 3.40. The highest BCUT2D eigenvalue weighted by Crippen LogP contribution is 2.34. The van der Waals surface area contributed by atoms with Crippen molar-refractivity contribution in [2.75, 3.05) is 13.2 Å². The Morgan fingerprint density at radius 3 is 2.52 bits per heavy atom. The zero-order chi connectivity index (χ0) is 23.4. The molecule has 1 saturated carbocycles. The molecule has 2 aromatic rings. The molecule has 5 rings (SSSR count). The zero-order valence-corrected chi connectivity index (χ0v) is 18.3. The van der Waals surface area contributed by atoms with E-state index < -0.39 is 29.2 Å². The summed E-state index contributed by atoms with van der Waals surface area (Å²) in [5.41, 5.74) is -0.279. The van der Waals surface area contributed by atoms with Crippen LogP contribution >= 0.6 is 11.6 Å². The van der Waals surface area contributed by atoms with Crippen LogP contribution in [0.3, 0.4) is 0 Å². The number of fused-ring (bicyclic) bond motifs is 9. The Morgan fingerprint density at radius 1 is 1.15 bits per heavy atom.